The lowest BCUT2D eigenvalue weighted by Crippen LogP contribution is -2.52. The molecular formula is C16H16ClN3O3. The number of imide groups is 1. The first-order chi connectivity index (χ1) is 10.9. The zero-order valence-corrected chi connectivity index (χ0v) is 13.5. The topological polar surface area (TPSA) is 78.5 Å². The minimum absolute atomic E-state index is 0.399. The second-order valence-electron chi connectivity index (χ2n) is 5.85. The number of nitrogens with one attached hydrogen (secondary N) is 2. The molecule has 1 saturated heterocycles. The Bertz CT molecular complexity index is 755. The van der Waals surface area contributed by atoms with Gasteiger partial charge in [0.25, 0.3) is 11.8 Å². The molecule has 0 aliphatic carbocycles. The zero-order valence-electron chi connectivity index (χ0n) is 12.8. The van der Waals surface area contributed by atoms with E-state index in [1.54, 1.807) is 18.2 Å². The van der Waals surface area contributed by atoms with E-state index >= 15 is 0 Å². The normalized spacial score (nSPS) is 22.2. The number of amides is 4. The van der Waals surface area contributed by atoms with Crippen molar-refractivity contribution in [3.05, 3.63) is 40.4 Å². The van der Waals surface area contributed by atoms with E-state index in [0.717, 1.165) is 5.57 Å². The Kier molecular flexibility index (Phi) is 3.64. The van der Waals surface area contributed by atoms with Crippen LogP contribution in [0.4, 0.5) is 10.5 Å². The smallest absolute Gasteiger partial charge is 0.312 e. The van der Waals surface area contributed by atoms with Crippen molar-refractivity contribution in [3.63, 3.8) is 0 Å². The van der Waals surface area contributed by atoms with Crippen LogP contribution in [0.15, 0.2) is 29.8 Å². The third-order valence-electron chi connectivity index (χ3n) is 3.99. The van der Waals surface area contributed by atoms with E-state index in [4.69, 9.17) is 11.6 Å². The molecule has 1 atom stereocenters. The largest absolute Gasteiger partial charge is 0.323 e. The molecule has 2 heterocycles. The van der Waals surface area contributed by atoms with Crippen LogP contribution in [0.2, 0.25) is 5.02 Å². The second-order valence-corrected chi connectivity index (χ2v) is 6.28. The Morgan fingerprint density at radius 3 is 2.65 bits per heavy atom. The van der Waals surface area contributed by atoms with Gasteiger partial charge < -0.3 is 10.2 Å². The van der Waals surface area contributed by atoms with Gasteiger partial charge in [-0.3, -0.25) is 14.9 Å². The molecule has 1 spiro atoms. The van der Waals surface area contributed by atoms with E-state index in [-0.39, 0.29) is 0 Å². The van der Waals surface area contributed by atoms with Gasteiger partial charge >= 0.3 is 6.03 Å². The van der Waals surface area contributed by atoms with Gasteiger partial charge in [0.05, 0.1) is 5.69 Å². The fourth-order valence-electron chi connectivity index (χ4n) is 2.97. The molecule has 2 aliphatic rings. The summed E-state index contributed by atoms with van der Waals surface area (Å²) in [5, 5.41) is 5.02. The monoisotopic (exact) mass is 333 g/mol. The Hall–Kier alpha value is -2.34. The zero-order chi connectivity index (χ0) is 16.8. The molecule has 7 heteroatoms. The predicted octanol–water partition coefficient (Wildman–Crippen LogP) is 2.08. The molecule has 4 amide bonds. The molecule has 0 saturated carbocycles. The first-order valence-electron chi connectivity index (χ1n) is 7.25. The summed E-state index contributed by atoms with van der Waals surface area (Å²) in [6, 6.07) is 4.24. The molecule has 1 fully saturated rings. The van der Waals surface area contributed by atoms with Crippen LogP contribution in [0.5, 0.6) is 0 Å². The third kappa shape index (κ3) is 2.30. The molecule has 2 N–H and O–H groups in total. The van der Waals surface area contributed by atoms with Gasteiger partial charge in [0.15, 0.2) is 0 Å². The highest BCUT2D eigenvalue weighted by molar-refractivity contribution is 6.32. The number of anilines is 1. The lowest BCUT2D eigenvalue weighted by molar-refractivity contribution is -0.133. The van der Waals surface area contributed by atoms with Crippen molar-refractivity contribution in [2.24, 2.45) is 0 Å². The number of benzene rings is 1. The molecule has 120 valence electrons. The summed E-state index contributed by atoms with van der Waals surface area (Å²) in [5.41, 5.74) is 0.450. The third-order valence-corrected chi connectivity index (χ3v) is 4.23. The number of hydrogen-bond acceptors (Lipinski definition) is 3. The Labute approximate surface area is 138 Å². The van der Waals surface area contributed by atoms with E-state index in [1.807, 2.05) is 19.9 Å². The van der Waals surface area contributed by atoms with Crippen molar-refractivity contribution < 1.29 is 14.4 Å². The first kappa shape index (κ1) is 15.6. The summed E-state index contributed by atoms with van der Waals surface area (Å²) < 4.78 is 0. The molecule has 1 aromatic carbocycles. The highest BCUT2D eigenvalue weighted by atomic mass is 35.5. The average molecular weight is 334 g/mol. The number of halogens is 1. The fourth-order valence-corrected chi connectivity index (χ4v) is 3.14. The van der Waals surface area contributed by atoms with Gasteiger partial charge in [0, 0.05) is 17.1 Å². The van der Waals surface area contributed by atoms with Crippen LogP contribution in [0.3, 0.4) is 0 Å². The van der Waals surface area contributed by atoms with E-state index in [1.165, 1.54) is 4.90 Å². The number of allylic oxidation sites excluding steroid dienone is 1. The first-order valence-corrected chi connectivity index (χ1v) is 7.63. The molecule has 23 heavy (non-hydrogen) atoms. The van der Waals surface area contributed by atoms with Gasteiger partial charge in [-0.05, 0) is 38.5 Å². The predicted molar refractivity (Wildman–Crippen MR) is 86.2 cm³/mol. The van der Waals surface area contributed by atoms with Crippen molar-refractivity contribution in [2.75, 3.05) is 11.4 Å². The number of carbonyl (C=O) groups is 3. The molecule has 1 unspecified atom stereocenters. The Morgan fingerprint density at radius 2 is 2.04 bits per heavy atom. The van der Waals surface area contributed by atoms with Crippen molar-refractivity contribution in [1.82, 2.24) is 10.6 Å². The summed E-state index contributed by atoms with van der Waals surface area (Å²) in [7, 11) is 0. The molecular weight excluding hydrogens is 318 g/mol. The number of rotatable bonds is 3. The molecule has 6 nitrogen and oxygen atoms in total. The van der Waals surface area contributed by atoms with Gasteiger partial charge in [-0.25, -0.2) is 4.79 Å². The number of hydrogen-bond donors (Lipinski definition) is 2. The fraction of sp³-hybridized carbons (Fsp3) is 0.312. The van der Waals surface area contributed by atoms with Gasteiger partial charge in [-0.15, -0.1) is 0 Å². The maximum atomic E-state index is 12.9. The summed E-state index contributed by atoms with van der Waals surface area (Å²) in [4.78, 5) is 38.4. The molecule has 2 aliphatic heterocycles. The Morgan fingerprint density at radius 1 is 1.30 bits per heavy atom. The molecule has 0 radical (unpaired) electrons. The number of carbonyl (C=O) groups excluding carboxylic acids is 3. The molecule has 1 aromatic rings. The van der Waals surface area contributed by atoms with Crippen LogP contribution in [0.1, 0.15) is 25.8 Å². The van der Waals surface area contributed by atoms with Crippen LogP contribution in [-0.2, 0) is 15.1 Å². The van der Waals surface area contributed by atoms with E-state index < -0.39 is 23.4 Å². The van der Waals surface area contributed by atoms with Crippen molar-refractivity contribution in [3.8, 4) is 0 Å². The van der Waals surface area contributed by atoms with Gasteiger partial charge in [-0.2, -0.15) is 0 Å². The van der Waals surface area contributed by atoms with Crippen LogP contribution < -0.4 is 15.5 Å². The standard InChI is InChI=1S/C16H16ClN3O3/c1-9(2)4-3-7-20-12-6-5-10(17)8-11(12)16(14(20)22)13(21)18-15(23)19-16/h4-6,8H,3,7H2,1-2H3,(H2,18,19,21,23). The van der Waals surface area contributed by atoms with Crippen molar-refractivity contribution in [2.45, 2.75) is 25.8 Å². The summed E-state index contributed by atoms with van der Waals surface area (Å²) in [6.07, 6.45) is 2.67. The SMILES string of the molecule is CC(C)=CCCN1C(=O)C2(NC(=O)NC2=O)c2cc(Cl)ccc21. The highest BCUT2D eigenvalue weighted by Crippen LogP contribution is 2.43. The van der Waals surface area contributed by atoms with E-state index in [9.17, 15) is 14.4 Å². The number of nitrogens with zero attached hydrogens (tertiary/aromatic N) is 1. The van der Waals surface area contributed by atoms with Crippen LogP contribution in [-0.4, -0.2) is 24.4 Å². The highest BCUT2D eigenvalue weighted by Gasteiger charge is 2.61. The average Bonchev–Trinajstić information content (AvgIpc) is 2.89. The summed E-state index contributed by atoms with van der Waals surface area (Å²) in [5.74, 6) is -1.12. The maximum Gasteiger partial charge on any atom is 0.323 e. The van der Waals surface area contributed by atoms with Gasteiger partial charge in [0.1, 0.15) is 0 Å². The lowest BCUT2D eigenvalue weighted by Gasteiger charge is -2.20. The molecule has 0 aromatic heterocycles. The van der Waals surface area contributed by atoms with Crippen LogP contribution in [0, 0.1) is 0 Å². The minimum Gasteiger partial charge on any atom is -0.312 e. The lowest BCUT2D eigenvalue weighted by atomic mass is 9.91. The van der Waals surface area contributed by atoms with Crippen molar-refractivity contribution >= 4 is 35.1 Å². The summed E-state index contributed by atoms with van der Waals surface area (Å²) in [6.45, 7) is 4.38. The molecule has 3 rings (SSSR count). The van der Waals surface area contributed by atoms with Crippen LogP contribution in [0.25, 0.3) is 0 Å². The van der Waals surface area contributed by atoms with E-state index in [0.29, 0.717) is 29.2 Å². The number of urea groups is 1. The van der Waals surface area contributed by atoms with Crippen LogP contribution >= 0.6 is 11.6 Å². The Balaban J connectivity index is 2.06. The van der Waals surface area contributed by atoms with Gasteiger partial charge in [-0.1, -0.05) is 23.3 Å². The second kappa shape index (κ2) is 5.38. The maximum absolute atomic E-state index is 12.9. The van der Waals surface area contributed by atoms with E-state index in [2.05, 4.69) is 10.6 Å². The van der Waals surface area contributed by atoms with Crippen molar-refractivity contribution in [1.29, 1.82) is 0 Å². The minimum atomic E-state index is -1.71. The quantitative estimate of drug-likeness (QED) is 0.505. The summed E-state index contributed by atoms with van der Waals surface area (Å²) >= 11 is 6.03. The van der Waals surface area contributed by atoms with Gasteiger partial charge in [0.2, 0.25) is 5.54 Å². The molecule has 0 bridgehead atoms. The number of fused-ring (bicyclic) bond motifs is 2.